The first-order chi connectivity index (χ1) is 18.2. The van der Waals surface area contributed by atoms with Crippen LogP contribution in [0.2, 0.25) is 0 Å². The number of amides is 3. The number of aliphatic carboxylic acids is 1. The molecule has 0 bridgehead atoms. The van der Waals surface area contributed by atoms with Crippen molar-refractivity contribution >= 4 is 41.4 Å². The van der Waals surface area contributed by atoms with Crippen molar-refractivity contribution in [1.29, 1.82) is 0 Å². The molecule has 3 amide bonds. The zero-order valence-corrected chi connectivity index (χ0v) is 21.6. The minimum Gasteiger partial charge on any atom is -0.508 e. The van der Waals surface area contributed by atoms with Crippen molar-refractivity contribution < 1.29 is 59.3 Å². The van der Waals surface area contributed by atoms with Gasteiger partial charge in [-0.3, -0.25) is 14.4 Å². The number of β-lactam (4-membered cyclic amide) rings is 1. The summed E-state index contributed by atoms with van der Waals surface area (Å²) >= 11 is 1.20. The number of hydrogen-bond acceptors (Lipinski definition) is 12. The van der Waals surface area contributed by atoms with E-state index >= 15 is 0 Å². The Morgan fingerprint density at radius 3 is 2.31 bits per heavy atom. The van der Waals surface area contributed by atoms with E-state index in [1.807, 2.05) is 0 Å². The van der Waals surface area contributed by atoms with Gasteiger partial charge in [0.2, 0.25) is 17.6 Å². The maximum Gasteiger partial charge on any atom is 0.408 e. The number of hydrogen-bond donors (Lipinski definition) is 8. The molecule has 2 heterocycles. The van der Waals surface area contributed by atoms with E-state index in [2.05, 4.69) is 10.6 Å². The summed E-state index contributed by atoms with van der Waals surface area (Å²) in [6, 6.07) is 1.42. The lowest BCUT2D eigenvalue weighted by Gasteiger charge is -2.44. The summed E-state index contributed by atoms with van der Waals surface area (Å²) in [4.78, 5) is 63.2. The van der Waals surface area contributed by atoms with Gasteiger partial charge in [0.1, 0.15) is 47.6 Å². The molecule has 39 heavy (non-hydrogen) atoms. The van der Waals surface area contributed by atoms with Gasteiger partial charge in [-0.05, 0) is 31.5 Å². The first-order valence-electron chi connectivity index (χ1n) is 11.6. The fraction of sp³-hybridized carbons (Fsp3) is 0.522. The van der Waals surface area contributed by atoms with Gasteiger partial charge in [-0.1, -0.05) is 12.1 Å². The van der Waals surface area contributed by atoms with Crippen molar-refractivity contribution in [2.24, 2.45) is 0 Å². The number of Topliss-reactive ketones (excluding diaryl/α,β-unsaturated/α-hetero) is 1. The third kappa shape index (κ3) is 6.25. The SMILES string of the molecule is CC1(C)SC2C(NC(=O)C(NC(=O)OCC(=O)[C@H](O)[C@H](O)[C@@H](O)CO)c3ccc(O)cc3)C(=O)N2C1C(=O)O. The van der Waals surface area contributed by atoms with E-state index in [1.165, 1.54) is 40.9 Å². The normalized spacial score (nSPS) is 24.4. The molecule has 2 aliphatic rings. The highest BCUT2D eigenvalue weighted by atomic mass is 32.2. The van der Waals surface area contributed by atoms with Gasteiger partial charge in [-0.15, -0.1) is 11.8 Å². The van der Waals surface area contributed by atoms with Crippen molar-refractivity contribution in [2.75, 3.05) is 13.2 Å². The summed E-state index contributed by atoms with van der Waals surface area (Å²) in [5, 5.41) is 60.7. The van der Waals surface area contributed by atoms with Crippen LogP contribution in [0.15, 0.2) is 24.3 Å². The Kier molecular flexibility index (Phi) is 9.07. The Hall–Kier alpha value is -3.44. The maximum atomic E-state index is 13.2. The molecule has 2 saturated heterocycles. The number of carbonyl (C=O) groups is 5. The molecule has 1 aromatic rings. The molecule has 2 fully saturated rings. The van der Waals surface area contributed by atoms with Gasteiger partial charge in [-0.2, -0.15) is 0 Å². The smallest absolute Gasteiger partial charge is 0.408 e. The zero-order chi connectivity index (χ0) is 29.2. The Morgan fingerprint density at radius 2 is 1.74 bits per heavy atom. The highest BCUT2D eigenvalue weighted by molar-refractivity contribution is 8.01. The molecule has 214 valence electrons. The summed E-state index contributed by atoms with van der Waals surface area (Å²) < 4.78 is 3.90. The van der Waals surface area contributed by atoms with Crippen LogP contribution in [0.3, 0.4) is 0 Å². The number of nitrogens with one attached hydrogen (secondary N) is 2. The van der Waals surface area contributed by atoms with Crippen LogP contribution in [0.25, 0.3) is 0 Å². The number of aliphatic hydroxyl groups excluding tert-OH is 4. The molecule has 16 heteroatoms. The van der Waals surface area contributed by atoms with Crippen LogP contribution in [0, 0.1) is 0 Å². The molecule has 0 saturated carbocycles. The van der Waals surface area contributed by atoms with Gasteiger partial charge in [0.25, 0.3) is 0 Å². The molecule has 0 aliphatic carbocycles. The number of carboxylic acids is 1. The number of ketones is 1. The number of alkyl carbamates (subject to hydrolysis) is 1. The third-order valence-electron chi connectivity index (χ3n) is 6.30. The minimum atomic E-state index is -2.17. The van der Waals surface area contributed by atoms with Crippen LogP contribution in [-0.2, 0) is 23.9 Å². The molecule has 8 N–H and O–H groups in total. The average molecular weight is 572 g/mol. The Balaban J connectivity index is 1.69. The molecule has 0 aromatic heterocycles. The highest BCUT2D eigenvalue weighted by Crippen LogP contribution is 2.50. The van der Waals surface area contributed by atoms with Gasteiger partial charge in [0.15, 0.2) is 6.61 Å². The standard InChI is InChI=1S/C23H29N3O12S/c1-23(2)17(21(35)36)26-19(34)14(20(26)39-23)24-18(33)13(9-3-5-10(28)6-4-9)25-22(37)38-8-12(30)16(32)15(31)11(29)7-27/h3-6,11,13-17,20,27-29,31-32H,7-8H2,1-2H3,(H,24,33)(H,25,37)(H,35,36)/t11-,13?,14?,15+,16-,17?,20?/m0/s1. The van der Waals surface area contributed by atoms with Crippen molar-refractivity contribution in [3.8, 4) is 5.75 Å². The van der Waals surface area contributed by atoms with Gasteiger partial charge in [-0.25, -0.2) is 9.59 Å². The molecule has 15 nitrogen and oxygen atoms in total. The fourth-order valence-electron chi connectivity index (χ4n) is 4.24. The number of fused-ring (bicyclic) bond motifs is 1. The number of phenolic OH excluding ortho intramolecular Hbond substituents is 1. The van der Waals surface area contributed by atoms with Gasteiger partial charge in [0.05, 0.1) is 6.61 Å². The van der Waals surface area contributed by atoms with Crippen LogP contribution in [-0.4, -0.2) is 119 Å². The monoisotopic (exact) mass is 571 g/mol. The van der Waals surface area contributed by atoms with Crippen LogP contribution >= 0.6 is 11.8 Å². The number of carboxylic acid groups (broad SMARTS) is 1. The second kappa shape index (κ2) is 11.7. The average Bonchev–Trinajstić information content (AvgIpc) is 3.15. The third-order valence-corrected chi connectivity index (χ3v) is 7.88. The van der Waals surface area contributed by atoms with Gasteiger partial charge < -0.3 is 50.9 Å². The van der Waals surface area contributed by atoms with E-state index < -0.39 is 89.4 Å². The number of carbonyl (C=O) groups excluding carboxylic acids is 4. The van der Waals surface area contributed by atoms with Gasteiger partial charge >= 0.3 is 12.1 Å². The number of thioether (sulfide) groups is 1. The van der Waals surface area contributed by atoms with E-state index in [-0.39, 0.29) is 11.3 Å². The molecule has 1 aromatic carbocycles. The zero-order valence-electron chi connectivity index (χ0n) is 20.8. The number of phenols is 1. The number of benzene rings is 1. The van der Waals surface area contributed by atoms with Crippen LogP contribution in [0.4, 0.5) is 4.79 Å². The summed E-state index contributed by atoms with van der Waals surface area (Å²) in [5.74, 6) is -4.02. The second-order valence-electron chi connectivity index (χ2n) is 9.48. The molecule has 0 spiro atoms. The summed E-state index contributed by atoms with van der Waals surface area (Å²) in [5.41, 5.74) is 0.154. The Labute approximate surface area is 225 Å². The molecule has 3 rings (SSSR count). The van der Waals surface area contributed by atoms with Crippen molar-refractivity contribution in [3.63, 3.8) is 0 Å². The van der Waals surface area contributed by atoms with Gasteiger partial charge in [0, 0.05) is 4.75 Å². The fourth-order valence-corrected chi connectivity index (χ4v) is 5.86. The van der Waals surface area contributed by atoms with E-state index in [4.69, 9.17) is 9.84 Å². The highest BCUT2D eigenvalue weighted by Gasteiger charge is 2.64. The van der Waals surface area contributed by atoms with E-state index in [0.29, 0.717) is 0 Å². The quantitative estimate of drug-likeness (QED) is 0.128. The Bertz CT molecular complexity index is 1130. The Morgan fingerprint density at radius 1 is 1.13 bits per heavy atom. The first kappa shape index (κ1) is 30.1. The number of aliphatic hydroxyl groups is 4. The van der Waals surface area contributed by atoms with Crippen molar-refractivity contribution in [1.82, 2.24) is 15.5 Å². The van der Waals surface area contributed by atoms with Crippen molar-refractivity contribution in [2.45, 2.75) is 60.4 Å². The molecule has 0 radical (unpaired) electrons. The first-order valence-corrected chi connectivity index (χ1v) is 12.5. The molecular weight excluding hydrogens is 542 g/mol. The number of rotatable bonds is 11. The largest absolute Gasteiger partial charge is 0.508 e. The topological polar surface area (TPSA) is 243 Å². The minimum absolute atomic E-state index is 0.141. The summed E-state index contributed by atoms with van der Waals surface area (Å²) in [7, 11) is 0. The van der Waals surface area contributed by atoms with Crippen molar-refractivity contribution in [3.05, 3.63) is 29.8 Å². The van der Waals surface area contributed by atoms with E-state index in [0.717, 1.165) is 0 Å². The predicted molar refractivity (Wildman–Crippen MR) is 131 cm³/mol. The number of nitrogens with zero attached hydrogens (tertiary/aromatic N) is 1. The summed E-state index contributed by atoms with van der Waals surface area (Å²) in [6.07, 6.45) is -7.33. The summed E-state index contributed by atoms with van der Waals surface area (Å²) in [6.45, 7) is 1.33. The van der Waals surface area contributed by atoms with Crippen LogP contribution in [0.1, 0.15) is 25.5 Å². The maximum absolute atomic E-state index is 13.2. The molecular formula is C23H29N3O12S. The van der Waals surface area contributed by atoms with Crippen LogP contribution in [0.5, 0.6) is 5.75 Å². The molecule has 7 atom stereocenters. The van der Waals surface area contributed by atoms with E-state index in [1.54, 1.807) is 13.8 Å². The van der Waals surface area contributed by atoms with Crippen LogP contribution < -0.4 is 10.6 Å². The second-order valence-corrected chi connectivity index (χ2v) is 11.3. The number of ether oxygens (including phenoxy) is 1. The lowest BCUT2D eigenvalue weighted by atomic mass is 9.95. The predicted octanol–water partition coefficient (Wildman–Crippen LogP) is -2.56. The van der Waals surface area contributed by atoms with E-state index in [9.17, 15) is 49.5 Å². The number of aromatic hydroxyl groups is 1. The lowest BCUT2D eigenvalue weighted by molar-refractivity contribution is -0.161. The molecule has 2 aliphatic heterocycles. The lowest BCUT2D eigenvalue weighted by Crippen LogP contribution is -2.71. The molecule has 4 unspecified atom stereocenters.